The number of nitrogens with zero attached hydrogens (tertiary/aromatic N) is 2. The van der Waals surface area contributed by atoms with E-state index < -0.39 is 0 Å². The summed E-state index contributed by atoms with van der Waals surface area (Å²) < 4.78 is 5.05. The van der Waals surface area contributed by atoms with Crippen LogP contribution in [0.1, 0.15) is 36.1 Å². The highest BCUT2D eigenvalue weighted by Gasteiger charge is 2.25. The van der Waals surface area contributed by atoms with E-state index in [0.717, 1.165) is 11.1 Å². The Labute approximate surface area is 138 Å². The monoisotopic (exact) mass is 312 g/mol. The Hall–Kier alpha value is -2.20. The van der Waals surface area contributed by atoms with Crippen molar-refractivity contribution in [2.24, 2.45) is 0 Å². The number of pyridine rings is 1. The maximum Gasteiger partial charge on any atom is 0.225 e. The van der Waals surface area contributed by atoms with E-state index in [2.05, 4.69) is 36.2 Å². The normalized spacial score (nSPS) is 12.0. The number of aromatic nitrogens is 1. The third kappa shape index (κ3) is 4.39. The van der Waals surface area contributed by atoms with Crippen LogP contribution in [0.15, 0.2) is 48.8 Å². The van der Waals surface area contributed by atoms with Crippen LogP contribution >= 0.6 is 0 Å². The van der Waals surface area contributed by atoms with Crippen LogP contribution in [0.25, 0.3) is 0 Å². The highest BCUT2D eigenvalue weighted by molar-refractivity contribution is 5.77. The second-order valence-corrected chi connectivity index (χ2v) is 5.52. The first-order valence-electron chi connectivity index (χ1n) is 7.92. The molecule has 2 aromatic rings. The fraction of sp³-hybridized carbons (Fsp3) is 0.368. The van der Waals surface area contributed by atoms with Crippen LogP contribution in [0.5, 0.6) is 0 Å². The fourth-order valence-electron chi connectivity index (χ4n) is 2.67. The van der Waals surface area contributed by atoms with Crippen molar-refractivity contribution in [3.63, 3.8) is 0 Å². The predicted molar refractivity (Wildman–Crippen MR) is 91.1 cm³/mol. The average Bonchev–Trinajstić information content (AvgIpc) is 2.59. The summed E-state index contributed by atoms with van der Waals surface area (Å²) in [5, 5.41) is 0. The Morgan fingerprint density at radius 3 is 2.52 bits per heavy atom. The summed E-state index contributed by atoms with van der Waals surface area (Å²) in [5.41, 5.74) is 3.31. The molecule has 1 aromatic carbocycles. The first kappa shape index (κ1) is 17.2. The molecule has 1 unspecified atom stereocenters. The summed E-state index contributed by atoms with van der Waals surface area (Å²) in [6.45, 7) is 5.13. The molecule has 0 saturated heterocycles. The highest BCUT2D eigenvalue weighted by Crippen LogP contribution is 2.29. The minimum absolute atomic E-state index is 0.0868. The van der Waals surface area contributed by atoms with Crippen LogP contribution in [0, 0.1) is 6.92 Å². The number of hydrogen-bond donors (Lipinski definition) is 0. The lowest BCUT2D eigenvalue weighted by Gasteiger charge is -2.31. The molecule has 0 aliphatic rings. The number of benzene rings is 1. The number of ether oxygens (including phenoxy) is 1. The molecular weight excluding hydrogens is 288 g/mol. The third-order valence-electron chi connectivity index (χ3n) is 3.89. The zero-order chi connectivity index (χ0) is 16.7. The topological polar surface area (TPSA) is 42.4 Å². The van der Waals surface area contributed by atoms with E-state index in [1.807, 2.05) is 30.2 Å². The minimum Gasteiger partial charge on any atom is -0.384 e. The Morgan fingerprint density at radius 1 is 1.22 bits per heavy atom. The van der Waals surface area contributed by atoms with Gasteiger partial charge in [0.2, 0.25) is 5.91 Å². The molecule has 122 valence electrons. The van der Waals surface area contributed by atoms with Gasteiger partial charge in [0.1, 0.15) is 0 Å². The molecule has 0 bridgehead atoms. The summed E-state index contributed by atoms with van der Waals surface area (Å²) in [6, 6.07) is 12.1. The molecule has 1 amide bonds. The molecule has 4 heteroatoms. The van der Waals surface area contributed by atoms with Gasteiger partial charge in [-0.25, -0.2) is 0 Å². The number of aryl methyl sites for hydroxylation is 1. The smallest absolute Gasteiger partial charge is 0.225 e. The molecular formula is C19H24N2O2. The predicted octanol–water partition coefficient (Wildman–Crippen LogP) is 3.36. The lowest BCUT2D eigenvalue weighted by molar-refractivity contribution is -0.133. The largest absolute Gasteiger partial charge is 0.384 e. The Kier molecular flexibility index (Phi) is 6.29. The van der Waals surface area contributed by atoms with Gasteiger partial charge >= 0.3 is 0 Å². The van der Waals surface area contributed by atoms with E-state index in [4.69, 9.17) is 4.74 Å². The SMILES string of the molecule is CCN(C(=O)CCOC)C(c1ccc(C)cc1)c1cccnc1. The maximum atomic E-state index is 12.6. The van der Waals surface area contributed by atoms with E-state index in [1.54, 1.807) is 13.3 Å². The Bertz CT molecular complexity index is 611. The molecule has 0 saturated carbocycles. The first-order chi connectivity index (χ1) is 11.2. The van der Waals surface area contributed by atoms with Crippen molar-refractivity contribution in [1.82, 2.24) is 9.88 Å². The van der Waals surface area contributed by atoms with Crippen LogP contribution in [-0.2, 0) is 9.53 Å². The lowest BCUT2D eigenvalue weighted by Crippen LogP contribution is -2.36. The summed E-state index contributed by atoms with van der Waals surface area (Å²) in [7, 11) is 1.61. The van der Waals surface area contributed by atoms with Gasteiger partial charge in [-0.2, -0.15) is 0 Å². The summed E-state index contributed by atoms with van der Waals surface area (Å²) in [4.78, 5) is 18.7. The zero-order valence-corrected chi connectivity index (χ0v) is 14.0. The van der Waals surface area contributed by atoms with Crippen molar-refractivity contribution in [2.75, 3.05) is 20.3 Å². The molecule has 0 fully saturated rings. The number of carbonyl (C=O) groups excluding carboxylic acids is 1. The summed E-state index contributed by atoms with van der Waals surface area (Å²) in [5.74, 6) is 0.0868. The van der Waals surface area contributed by atoms with Gasteiger partial charge in [-0.15, -0.1) is 0 Å². The van der Waals surface area contributed by atoms with Gasteiger partial charge in [0.25, 0.3) is 0 Å². The van der Waals surface area contributed by atoms with Crippen molar-refractivity contribution >= 4 is 5.91 Å². The second kappa shape index (κ2) is 8.44. The molecule has 23 heavy (non-hydrogen) atoms. The summed E-state index contributed by atoms with van der Waals surface area (Å²) in [6.07, 6.45) is 3.96. The van der Waals surface area contributed by atoms with E-state index in [1.165, 1.54) is 5.56 Å². The second-order valence-electron chi connectivity index (χ2n) is 5.52. The maximum absolute atomic E-state index is 12.6. The van der Waals surface area contributed by atoms with Gasteiger partial charge in [-0.1, -0.05) is 35.9 Å². The van der Waals surface area contributed by atoms with Gasteiger partial charge in [-0.05, 0) is 31.0 Å². The molecule has 0 radical (unpaired) electrons. The quantitative estimate of drug-likeness (QED) is 0.787. The van der Waals surface area contributed by atoms with Gasteiger partial charge < -0.3 is 9.64 Å². The van der Waals surface area contributed by atoms with Crippen LogP contribution in [0.4, 0.5) is 0 Å². The first-order valence-corrected chi connectivity index (χ1v) is 7.92. The van der Waals surface area contributed by atoms with E-state index in [-0.39, 0.29) is 11.9 Å². The van der Waals surface area contributed by atoms with Gasteiger partial charge in [0.05, 0.1) is 19.1 Å². The van der Waals surface area contributed by atoms with Crippen molar-refractivity contribution in [2.45, 2.75) is 26.3 Å². The van der Waals surface area contributed by atoms with Crippen LogP contribution < -0.4 is 0 Å². The number of methoxy groups -OCH3 is 1. The molecule has 1 aromatic heterocycles. The molecule has 4 nitrogen and oxygen atoms in total. The fourth-order valence-corrected chi connectivity index (χ4v) is 2.67. The van der Waals surface area contributed by atoms with Crippen molar-refractivity contribution in [1.29, 1.82) is 0 Å². The molecule has 0 N–H and O–H groups in total. The molecule has 0 aliphatic carbocycles. The Balaban J connectivity index is 2.39. The number of rotatable bonds is 7. The average molecular weight is 312 g/mol. The van der Waals surface area contributed by atoms with Crippen molar-refractivity contribution in [3.8, 4) is 0 Å². The molecule has 1 heterocycles. The molecule has 0 spiro atoms. The standard InChI is InChI=1S/C19H24N2O2/c1-4-21(18(22)11-13-23-3)19(17-6-5-12-20-14-17)16-9-7-15(2)8-10-16/h5-10,12,14,19H,4,11,13H2,1-3H3. The van der Waals surface area contributed by atoms with Gasteiger partial charge in [0, 0.05) is 26.0 Å². The van der Waals surface area contributed by atoms with Crippen molar-refractivity contribution in [3.05, 3.63) is 65.5 Å². The highest BCUT2D eigenvalue weighted by atomic mass is 16.5. The van der Waals surface area contributed by atoms with Gasteiger partial charge in [0.15, 0.2) is 0 Å². The molecule has 1 atom stereocenters. The molecule has 2 rings (SSSR count). The number of hydrogen-bond acceptors (Lipinski definition) is 3. The van der Waals surface area contributed by atoms with Crippen LogP contribution in [0.2, 0.25) is 0 Å². The van der Waals surface area contributed by atoms with Crippen molar-refractivity contribution < 1.29 is 9.53 Å². The Morgan fingerprint density at radius 2 is 1.96 bits per heavy atom. The zero-order valence-electron chi connectivity index (χ0n) is 14.0. The van der Waals surface area contributed by atoms with Crippen LogP contribution in [-0.4, -0.2) is 36.1 Å². The number of amides is 1. The van der Waals surface area contributed by atoms with Gasteiger partial charge in [-0.3, -0.25) is 9.78 Å². The van der Waals surface area contributed by atoms with E-state index in [0.29, 0.717) is 19.6 Å². The van der Waals surface area contributed by atoms with Crippen LogP contribution in [0.3, 0.4) is 0 Å². The minimum atomic E-state index is -0.126. The summed E-state index contributed by atoms with van der Waals surface area (Å²) >= 11 is 0. The third-order valence-corrected chi connectivity index (χ3v) is 3.89. The van der Waals surface area contributed by atoms with E-state index in [9.17, 15) is 4.79 Å². The lowest BCUT2D eigenvalue weighted by atomic mass is 9.97. The van der Waals surface area contributed by atoms with E-state index >= 15 is 0 Å². The molecule has 0 aliphatic heterocycles. The number of carbonyl (C=O) groups is 1.